The van der Waals surface area contributed by atoms with Crippen molar-refractivity contribution in [3.8, 4) is 17.2 Å². The van der Waals surface area contributed by atoms with Crippen LogP contribution in [0.15, 0.2) is 72.8 Å². The van der Waals surface area contributed by atoms with Crippen LogP contribution in [0.3, 0.4) is 0 Å². The minimum atomic E-state index is -0.260. The van der Waals surface area contributed by atoms with Gasteiger partial charge in [0.15, 0.2) is 0 Å². The summed E-state index contributed by atoms with van der Waals surface area (Å²) in [4.78, 5) is 49.1. The topological polar surface area (TPSA) is 88.6 Å². The number of likely N-dealkylation sites (tertiary alicyclic amines) is 3. The molecule has 4 aromatic carbocycles. The molecule has 6 atom stereocenters. The molecule has 3 saturated heterocycles. The molecule has 0 spiro atoms. The Morgan fingerprint density at radius 2 is 0.686 bits per heavy atom. The highest BCUT2D eigenvalue weighted by molar-refractivity contribution is 5.98. The first kappa shape index (κ1) is 30.5. The fourth-order valence-corrected chi connectivity index (χ4v) is 10.4. The van der Waals surface area contributed by atoms with Gasteiger partial charge in [-0.2, -0.15) is 0 Å². The number of carbonyl (C=O) groups is 3. The predicted molar refractivity (Wildman–Crippen MR) is 187 cm³/mol. The van der Waals surface area contributed by atoms with E-state index in [4.69, 9.17) is 14.2 Å². The fraction of sp³-hybridized carbons (Fsp3) is 0.357. The molecule has 0 N–H and O–H groups in total. The van der Waals surface area contributed by atoms with E-state index in [2.05, 4.69) is 0 Å². The molecule has 6 bridgehead atoms. The lowest BCUT2D eigenvalue weighted by Crippen LogP contribution is -2.40. The molecule has 3 amide bonds. The Labute approximate surface area is 296 Å². The van der Waals surface area contributed by atoms with E-state index < -0.39 is 0 Å². The lowest BCUT2D eigenvalue weighted by molar-refractivity contribution is -0.131. The smallest absolute Gasteiger partial charge is 0.231 e. The van der Waals surface area contributed by atoms with Gasteiger partial charge in [-0.1, -0.05) is 36.4 Å². The summed E-state index contributed by atoms with van der Waals surface area (Å²) < 4.78 is 16.1. The number of rotatable bonds is 9. The predicted octanol–water partition coefficient (Wildman–Crippen LogP) is 6.42. The van der Waals surface area contributed by atoms with Crippen LogP contribution >= 0.6 is 0 Å². The molecule has 3 aliphatic carbocycles. The summed E-state index contributed by atoms with van der Waals surface area (Å²) in [6.07, 6.45) is 2.16. The number of benzene rings is 4. The SMILES string of the molecule is COc1ccc(CN2C(=O)[C@@H]3C[C@H]2c2c3c3c(c4c2[C@H]2C[C@@H]4N(Cc4ccc(OC)cc4)C2=O)[C@H]2C[C@@H]3N(Cc3ccc(OC)cc3)C2=O)cc1. The van der Waals surface area contributed by atoms with Gasteiger partial charge < -0.3 is 28.9 Å². The number of carbonyl (C=O) groups excluding carboxylic acids is 3. The van der Waals surface area contributed by atoms with E-state index in [-0.39, 0.29) is 53.6 Å². The maximum absolute atomic E-state index is 14.3. The van der Waals surface area contributed by atoms with Gasteiger partial charge in [0.1, 0.15) is 17.2 Å². The molecule has 0 unspecified atom stereocenters. The zero-order valence-electron chi connectivity index (χ0n) is 28.9. The van der Waals surface area contributed by atoms with Crippen LogP contribution < -0.4 is 14.2 Å². The van der Waals surface area contributed by atoms with Gasteiger partial charge in [-0.05, 0) is 106 Å². The fourth-order valence-electron chi connectivity index (χ4n) is 10.4. The number of nitrogens with zero attached hydrogens (tertiary/aromatic N) is 3. The molecule has 3 heterocycles. The standard InChI is InChI=1S/C42H39N3O6/c1-49-25-10-4-22(5-11-25)19-43-31-16-28(40(43)46)34-37(31)35-29-17-33(45(41(29)47)21-24-8-14-27(51-3)15-9-24)39(35)36-30-18-32(38(34)36)44(42(30)48)20-23-6-12-26(50-2)13-7-23/h4-15,28-33H,16-21H2,1-3H3/t28-,29-,30-,31+,32+,33+/m1/s1. The highest BCUT2D eigenvalue weighted by Gasteiger charge is 2.62. The van der Waals surface area contributed by atoms with Gasteiger partial charge in [0.2, 0.25) is 17.7 Å². The van der Waals surface area contributed by atoms with Crippen molar-refractivity contribution in [2.24, 2.45) is 0 Å². The summed E-state index contributed by atoms with van der Waals surface area (Å²) in [6.45, 7) is 1.53. The maximum Gasteiger partial charge on any atom is 0.231 e. The molecule has 3 fully saturated rings. The van der Waals surface area contributed by atoms with Crippen LogP contribution in [0.4, 0.5) is 0 Å². The molecule has 10 rings (SSSR count). The van der Waals surface area contributed by atoms with Gasteiger partial charge in [-0.15, -0.1) is 0 Å². The van der Waals surface area contributed by atoms with Crippen LogP contribution in [0.1, 0.15) is 105 Å². The third-order valence-corrected chi connectivity index (χ3v) is 12.6. The number of methoxy groups -OCH3 is 3. The van der Waals surface area contributed by atoms with Crippen molar-refractivity contribution in [3.05, 3.63) is 123 Å². The van der Waals surface area contributed by atoms with Gasteiger partial charge in [-0.25, -0.2) is 0 Å². The normalized spacial score (nSPS) is 25.9. The molecule has 51 heavy (non-hydrogen) atoms. The van der Waals surface area contributed by atoms with Crippen molar-refractivity contribution in [1.82, 2.24) is 14.7 Å². The molecule has 3 aliphatic heterocycles. The molecule has 0 radical (unpaired) electrons. The lowest BCUT2D eigenvalue weighted by atomic mass is 9.77. The molecule has 6 aliphatic rings. The van der Waals surface area contributed by atoms with Crippen LogP contribution in [0.25, 0.3) is 0 Å². The molecule has 258 valence electrons. The van der Waals surface area contributed by atoms with Crippen LogP contribution in [-0.4, -0.2) is 53.8 Å². The van der Waals surface area contributed by atoms with E-state index in [0.29, 0.717) is 19.6 Å². The second kappa shape index (κ2) is 11.1. The quantitative estimate of drug-likeness (QED) is 0.203. The average molecular weight is 682 g/mol. The summed E-state index contributed by atoms with van der Waals surface area (Å²) in [7, 11) is 4.96. The molecule has 9 nitrogen and oxygen atoms in total. The number of hydrogen-bond acceptors (Lipinski definition) is 6. The molecule has 0 aromatic heterocycles. The Bertz CT molecular complexity index is 1870. The van der Waals surface area contributed by atoms with Crippen molar-refractivity contribution < 1.29 is 28.6 Å². The number of hydrogen-bond donors (Lipinski definition) is 0. The van der Waals surface area contributed by atoms with Gasteiger partial charge in [0.25, 0.3) is 0 Å². The van der Waals surface area contributed by atoms with E-state index >= 15 is 0 Å². The summed E-state index contributed by atoms with van der Waals surface area (Å²) >= 11 is 0. The molecular weight excluding hydrogens is 642 g/mol. The Morgan fingerprint density at radius 3 is 0.922 bits per heavy atom. The monoisotopic (exact) mass is 681 g/mol. The van der Waals surface area contributed by atoms with Gasteiger partial charge in [-0.3, -0.25) is 14.4 Å². The molecular formula is C42H39N3O6. The van der Waals surface area contributed by atoms with E-state index in [1.54, 1.807) is 21.3 Å². The van der Waals surface area contributed by atoms with Gasteiger partial charge in [0, 0.05) is 19.6 Å². The maximum atomic E-state index is 14.3. The first-order chi connectivity index (χ1) is 24.9. The summed E-state index contributed by atoms with van der Waals surface area (Å²) in [5.74, 6) is 2.01. The van der Waals surface area contributed by atoms with Gasteiger partial charge >= 0.3 is 0 Å². The van der Waals surface area contributed by atoms with Crippen molar-refractivity contribution in [3.63, 3.8) is 0 Å². The first-order valence-corrected chi connectivity index (χ1v) is 17.9. The van der Waals surface area contributed by atoms with Crippen molar-refractivity contribution in [1.29, 1.82) is 0 Å². The summed E-state index contributed by atoms with van der Waals surface area (Å²) in [6, 6.07) is 23.5. The number of ether oxygens (including phenoxy) is 3. The lowest BCUT2D eigenvalue weighted by Gasteiger charge is -2.40. The zero-order chi connectivity index (χ0) is 34.7. The minimum absolute atomic E-state index is 0.0919. The largest absolute Gasteiger partial charge is 0.497 e. The summed E-state index contributed by atoms with van der Waals surface area (Å²) in [5.41, 5.74) is 10.2. The Morgan fingerprint density at radius 1 is 0.431 bits per heavy atom. The summed E-state index contributed by atoms with van der Waals surface area (Å²) in [5, 5.41) is 0. The van der Waals surface area contributed by atoms with Crippen molar-refractivity contribution in [2.45, 2.75) is 74.8 Å². The second-order valence-electron chi connectivity index (χ2n) is 14.8. The average Bonchev–Trinajstić information content (AvgIpc) is 4.00. The van der Waals surface area contributed by atoms with Crippen LogP contribution in [0.5, 0.6) is 17.2 Å². The third kappa shape index (κ3) is 4.23. The van der Waals surface area contributed by atoms with Crippen LogP contribution in [0, 0.1) is 0 Å². The molecule has 4 aromatic rings. The zero-order valence-corrected chi connectivity index (χ0v) is 28.9. The molecule has 9 heteroatoms. The van der Waals surface area contributed by atoms with Crippen LogP contribution in [-0.2, 0) is 34.0 Å². The van der Waals surface area contributed by atoms with E-state index in [1.807, 2.05) is 87.5 Å². The second-order valence-corrected chi connectivity index (χ2v) is 14.8. The van der Waals surface area contributed by atoms with E-state index in [0.717, 1.165) is 69.9 Å². The highest BCUT2D eigenvalue weighted by Crippen LogP contribution is 2.68. The highest BCUT2D eigenvalue weighted by atomic mass is 16.5. The van der Waals surface area contributed by atoms with Gasteiger partial charge in [0.05, 0.1) is 57.2 Å². The molecule has 0 saturated carbocycles. The Balaban J connectivity index is 1.08. The number of fused-ring (bicyclic) bond motifs is 18. The van der Waals surface area contributed by atoms with E-state index in [1.165, 1.54) is 16.7 Å². The van der Waals surface area contributed by atoms with E-state index in [9.17, 15) is 14.4 Å². The third-order valence-electron chi connectivity index (χ3n) is 12.6. The van der Waals surface area contributed by atoms with Crippen molar-refractivity contribution >= 4 is 17.7 Å². The van der Waals surface area contributed by atoms with Crippen LogP contribution in [0.2, 0.25) is 0 Å². The first-order valence-electron chi connectivity index (χ1n) is 17.9. The number of amides is 3. The van der Waals surface area contributed by atoms with Crippen molar-refractivity contribution in [2.75, 3.05) is 21.3 Å². The Hall–Kier alpha value is -5.31. The minimum Gasteiger partial charge on any atom is -0.497 e. The Kier molecular flexibility index (Phi) is 6.64.